The number of alkyl halides is 1. The molecule has 0 N–H and O–H groups in total. The quantitative estimate of drug-likeness (QED) is 0.785. The van der Waals surface area contributed by atoms with Gasteiger partial charge < -0.3 is 9.30 Å². The van der Waals surface area contributed by atoms with E-state index in [4.69, 9.17) is 27.9 Å². The van der Waals surface area contributed by atoms with Crippen LogP contribution in [0.25, 0.3) is 11.0 Å². The zero-order valence-electron chi connectivity index (χ0n) is 11.5. The Labute approximate surface area is 128 Å². The van der Waals surface area contributed by atoms with Crippen molar-refractivity contribution >= 4 is 34.2 Å². The lowest BCUT2D eigenvalue weighted by atomic mass is 10.0. The van der Waals surface area contributed by atoms with Gasteiger partial charge in [0.1, 0.15) is 5.82 Å². The standard InChI is InChI=1S/C15H18Cl2N2O/c1-10(16)15-18-13-5-4-12(17)7-14(13)19(15)8-11-3-2-6-20-9-11/h4-5,7,10-11H,2-3,6,8-9H2,1H3. The molecule has 20 heavy (non-hydrogen) atoms. The number of imidazole rings is 1. The molecule has 3 nitrogen and oxygen atoms in total. The van der Waals surface area contributed by atoms with Crippen molar-refractivity contribution in [3.05, 3.63) is 29.0 Å². The number of halogens is 2. The SMILES string of the molecule is CC(Cl)c1nc2ccc(Cl)cc2n1CC1CCCOC1. The molecule has 1 aliphatic rings. The first-order chi connectivity index (χ1) is 9.65. The van der Waals surface area contributed by atoms with Crippen molar-refractivity contribution in [2.45, 2.75) is 31.7 Å². The summed E-state index contributed by atoms with van der Waals surface area (Å²) >= 11 is 12.4. The number of nitrogens with zero attached hydrogens (tertiary/aromatic N) is 2. The van der Waals surface area contributed by atoms with E-state index in [1.165, 1.54) is 6.42 Å². The molecule has 1 aromatic carbocycles. The molecule has 2 atom stereocenters. The molecule has 0 radical (unpaired) electrons. The normalized spacial score (nSPS) is 21.2. The summed E-state index contributed by atoms with van der Waals surface area (Å²) in [4.78, 5) is 4.65. The van der Waals surface area contributed by atoms with Gasteiger partial charge in [-0.05, 0) is 38.0 Å². The van der Waals surface area contributed by atoms with E-state index in [0.717, 1.165) is 48.1 Å². The summed E-state index contributed by atoms with van der Waals surface area (Å²) in [7, 11) is 0. The molecule has 0 bridgehead atoms. The lowest BCUT2D eigenvalue weighted by Crippen LogP contribution is -2.23. The number of fused-ring (bicyclic) bond motifs is 1. The molecule has 0 saturated carbocycles. The summed E-state index contributed by atoms with van der Waals surface area (Å²) < 4.78 is 7.78. The van der Waals surface area contributed by atoms with Crippen LogP contribution in [0.1, 0.15) is 31.0 Å². The summed E-state index contributed by atoms with van der Waals surface area (Å²) in [5, 5.41) is 0.609. The predicted octanol–water partition coefficient (Wildman–Crippen LogP) is 4.42. The number of ether oxygens (including phenoxy) is 1. The molecule has 0 amide bonds. The molecular formula is C15H18Cl2N2O. The van der Waals surface area contributed by atoms with Crippen molar-refractivity contribution in [3.63, 3.8) is 0 Å². The van der Waals surface area contributed by atoms with Crippen molar-refractivity contribution in [1.82, 2.24) is 9.55 Å². The average molecular weight is 313 g/mol. The van der Waals surface area contributed by atoms with Crippen LogP contribution in [0, 0.1) is 5.92 Å². The Morgan fingerprint density at radius 1 is 1.50 bits per heavy atom. The van der Waals surface area contributed by atoms with E-state index >= 15 is 0 Å². The zero-order chi connectivity index (χ0) is 14.1. The molecule has 2 unspecified atom stereocenters. The van der Waals surface area contributed by atoms with Gasteiger partial charge in [-0.25, -0.2) is 4.98 Å². The molecule has 1 saturated heterocycles. The van der Waals surface area contributed by atoms with Gasteiger partial charge in [0.05, 0.1) is 23.0 Å². The van der Waals surface area contributed by atoms with Crippen molar-refractivity contribution in [2.75, 3.05) is 13.2 Å². The molecule has 5 heteroatoms. The van der Waals surface area contributed by atoms with E-state index in [1.54, 1.807) is 0 Å². The first kappa shape index (κ1) is 14.2. The van der Waals surface area contributed by atoms with E-state index in [2.05, 4.69) is 9.55 Å². The highest BCUT2D eigenvalue weighted by Gasteiger charge is 2.20. The van der Waals surface area contributed by atoms with Gasteiger partial charge in [0.15, 0.2) is 0 Å². The molecule has 1 aromatic heterocycles. The molecule has 2 aromatic rings. The number of hydrogen-bond donors (Lipinski definition) is 0. The van der Waals surface area contributed by atoms with Crippen molar-refractivity contribution in [1.29, 1.82) is 0 Å². The summed E-state index contributed by atoms with van der Waals surface area (Å²) in [5.41, 5.74) is 2.01. The fraction of sp³-hybridized carbons (Fsp3) is 0.533. The van der Waals surface area contributed by atoms with Gasteiger partial charge in [0, 0.05) is 24.1 Å². The van der Waals surface area contributed by atoms with E-state index in [0.29, 0.717) is 5.92 Å². The third kappa shape index (κ3) is 2.80. The van der Waals surface area contributed by atoms with Gasteiger partial charge >= 0.3 is 0 Å². The fourth-order valence-corrected chi connectivity index (χ4v) is 3.15. The van der Waals surface area contributed by atoms with E-state index in [9.17, 15) is 0 Å². The number of aromatic nitrogens is 2. The van der Waals surface area contributed by atoms with Gasteiger partial charge in [-0.3, -0.25) is 0 Å². The third-order valence-corrected chi connectivity index (χ3v) is 4.22. The molecule has 0 spiro atoms. The smallest absolute Gasteiger partial charge is 0.127 e. The molecule has 2 heterocycles. The molecule has 0 aliphatic carbocycles. The first-order valence-corrected chi connectivity index (χ1v) is 7.84. The second-order valence-electron chi connectivity index (χ2n) is 5.41. The summed E-state index contributed by atoms with van der Waals surface area (Å²) in [6, 6.07) is 5.79. The van der Waals surface area contributed by atoms with Crippen molar-refractivity contribution < 1.29 is 4.74 Å². The maximum absolute atomic E-state index is 6.29. The van der Waals surface area contributed by atoms with Crippen LogP contribution in [0.5, 0.6) is 0 Å². The van der Waals surface area contributed by atoms with Crippen LogP contribution in [-0.4, -0.2) is 22.8 Å². The molecular weight excluding hydrogens is 295 g/mol. The van der Waals surface area contributed by atoms with Gasteiger partial charge in [0.25, 0.3) is 0 Å². The lowest BCUT2D eigenvalue weighted by molar-refractivity contribution is 0.0485. The minimum atomic E-state index is -0.120. The van der Waals surface area contributed by atoms with Crippen LogP contribution in [0.15, 0.2) is 18.2 Å². The summed E-state index contributed by atoms with van der Waals surface area (Å²) in [6.45, 7) is 4.55. The van der Waals surface area contributed by atoms with Crippen molar-refractivity contribution in [2.24, 2.45) is 5.92 Å². The molecule has 108 valence electrons. The largest absolute Gasteiger partial charge is 0.381 e. The van der Waals surface area contributed by atoms with E-state index < -0.39 is 0 Å². The Hall–Kier alpha value is -0.770. The van der Waals surface area contributed by atoms with Crippen molar-refractivity contribution in [3.8, 4) is 0 Å². The third-order valence-electron chi connectivity index (χ3n) is 3.79. The average Bonchev–Trinajstić information content (AvgIpc) is 2.78. The Kier molecular flexibility index (Phi) is 4.20. The predicted molar refractivity (Wildman–Crippen MR) is 82.6 cm³/mol. The topological polar surface area (TPSA) is 27.1 Å². The Morgan fingerprint density at radius 2 is 2.35 bits per heavy atom. The highest BCUT2D eigenvalue weighted by Crippen LogP contribution is 2.28. The van der Waals surface area contributed by atoms with Gasteiger partial charge in [-0.1, -0.05) is 11.6 Å². The second-order valence-corrected chi connectivity index (χ2v) is 6.50. The second kappa shape index (κ2) is 5.92. The van der Waals surface area contributed by atoms with Crippen LogP contribution >= 0.6 is 23.2 Å². The summed E-state index contributed by atoms with van der Waals surface area (Å²) in [5.74, 6) is 1.43. The maximum Gasteiger partial charge on any atom is 0.127 e. The molecule has 1 fully saturated rings. The monoisotopic (exact) mass is 312 g/mol. The maximum atomic E-state index is 6.29. The number of hydrogen-bond acceptors (Lipinski definition) is 2. The highest BCUT2D eigenvalue weighted by atomic mass is 35.5. The number of benzene rings is 1. The Morgan fingerprint density at radius 3 is 3.05 bits per heavy atom. The fourth-order valence-electron chi connectivity index (χ4n) is 2.82. The van der Waals surface area contributed by atoms with E-state index in [-0.39, 0.29) is 5.38 Å². The highest BCUT2D eigenvalue weighted by molar-refractivity contribution is 6.31. The minimum Gasteiger partial charge on any atom is -0.381 e. The Balaban J connectivity index is 2.01. The first-order valence-electron chi connectivity index (χ1n) is 7.02. The lowest BCUT2D eigenvalue weighted by Gasteiger charge is -2.24. The minimum absolute atomic E-state index is 0.120. The van der Waals surface area contributed by atoms with E-state index in [1.807, 2.05) is 25.1 Å². The van der Waals surface area contributed by atoms with Gasteiger partial charge in [0.2, 0.25) is 0 Å². The summed E-state index contributed by atoms with van der Waals surface area (Å²) in [6.07, 6.45) is 2.32. The van der Waals surface area contributed by atoms with Crippen LogP contribution in [0.2, 0.25) is 5.02 Å². The van der Waals surface area contributed by atoms with Crippen LogP contribution in [-0.2, 0) is 11.3 Å². The number of rotatable bonds is 3. The Bertz CT molecular complexity index is 603. The van der Waals surface area contributed by atoms with Crippen LogP contribution < -0.4 is 0 Å². The van der Waals surface area contributed by atoms with Crippen LogP contribution in [0.4, 0.5) is 0 Å². The molecule has 1 aliphatic heterocycles. The van der Waals surface area contributed by atoms with Crippen LogP contribution in [0.3, 0.4) is 0 Å². The van der Waals surface area contributed by atoms with Gasteiger partial charge in [-0.15, -0.1) is 11.6 Å². The molecule has 3 rings (SSSR count). The van der Waals surface area contributed by atoms with Gasteiger partial charge in [-0.2, -0.15) is 0 Å². The zero-order valence-corrected chi connectivity index (χ0v) is 13.0.